The molecular weight excluding hydrogens is 151 g/mol. The summed E-state index contributed by atoms with van der Waals surface area (Å²) in [7, 11) is 1.41. The van der Waals surface area contributed by atoms with E-state index in [4.69, 9.17) is 5.11 Å². The first-order valence-electron chi connectivity index (χ1n) is 2.25. The smallest absolute Gasteiger partial charge is 0.282 e. The zero-order valence-electron chi connectivity index (χ0n) is 5.03. The summed E-state index contributed by atoms with van der Waals surface area (Å²) in [5, 5.41) is 10.2. The highest BCUT2D eigenvalue weighted by Gasteiger charge is 2.25. The van der Waals surface area contributed by atoms with Gasteiger partial charge in [-0.3, -0.25) is 0 Å². The fourth-order valence-electron chi connectivity index (χ4n) is 0.315. The van der Waals surface area contributed by atoms with Gasteiger partial charge in [-0.15, -0.1) is 12.4 Å². The minimum atomic E-state index is -2.96. The van der Waals surface area contributed by atoms with Gasteiger partial charge in [-0.1, -0.05) is 0 Å². The van der Waals surface area contributed by atoms with Gasteiger partial charge in [-0.2, -0.15) is 0 Å². The highest BCUT2D eigenvalue weighted by Crippen LogP contribution is 2.08. The molecule has 0 aliphatic carbocycles. The van der Waals surface area contributed by atoms with E-state index in [-0.39, 0.29) is 12.4 Å². The van der Waals surface area contributed by atoms with Crippen LogP contribution in [0.15, 0.2) is 0 Å². The molecule has 0 saturated heterocycles. The summed E-state index contributed by atoms with van der Waals surface area (Å²) in [4.78, 5) is 0. The fourth-order valence-corrected chi connectivity index (χ4v) is 0.315. The Morgan fingerprint density at radius 3 is 2.11 bits per heavy atom. The van der Waals surface area contributed by atoms with Gasteiger partial charge in [0.15, 0.2) is 0 Å². The Bertz CT molecular complexity index is 71.6. The summed E-state index contributed by atoms with van der Waals surface area (Å²) in [5.41, 5.74) is 0. The Hall–Kier alpha value is 0.0700. The topological polar surface area (TPSA) is 32.3 Å². The summed E-state index contributed by atoms with van der Waals surface area (Å²) in [6.45, 7) is -1.56. The monoisotopic (exact) mass is 161 g/mol. The molecule has 0 heterocycles. The predicted molar refractivity (Wildman–Crippen MR) is 33.2 cm³/mol. The van der Waals surface area contributed by atoms with Crippen molar-refractivity contribution in [2.75, 3.05) is 20.2 Å². The van der Waals surface area contributed by atoms with Gasteiger partial charge >= 0.3 is 0 Å². The number of aliphatic hydroxyl groups is 1. The number of alkyl halides is 2. The zero-order chi connectivity index (χ0) is 6.62. The first kappa shape index (κ1) is 11.8. The maximum absolute atomic E-state index is 11.8. The lowest BCUT2D eigenvalue weighted by Crippen LogP contribution is -2.33. The molecule has 0 aromatic heterocycles. The van der Waals surface area contributed by atoms with Crippen molar-refractivity contribution in [2.24, 2.45) is 0 Å². The van der Waals surface area contributed by atoms with E-state index in [9.17, 15) is 8.78 Å². The van der Waals surface area contributed by atoms with E-state index in [0.29, 0.717) is 0 Å². The highest BCUT2D eigenvalue weighted by atomic mass is 35.5. The van der Waals surface area contributed by atoms with E-state index >= 15 is 0 Å². The molecule has 0 spiro atoms. The van der Waals surface area contributed by atoms with Gasteiger partial charge in [0.2, 0.25) is 0 Å². The number of hydrogen-bond acceptors (Lipinski definition) is 2. The third-order valence-electron chi connectivity index (χ3n) is 0.667. The van der Waals surface area contributed by atoms with Crippen LogP contribution in [0.2, 0.25) is 0 Å². The lowest BCUT2D eigenvalue weighted by molar-refractivity contribution is -0.0462. The summed E-state index contributed by atoms with van der Waals surface area (Å²) in [6.07, 6.45) is 0. The second-order valence-corrected chi connectivity index (χ2v) is 1.54. The summed E-state index contributed by atoms with van der Waals surface area (Å²) in [6, 6.07) is 0. The third-order valence-corrected chi connectivity index (χ3v) is 0.667. The number of hydrogen-bond donors (Lipinski definition) is 2. The molecule has 58 valence electrons. The molecule has 2 N–H and O–H groups in total. The molecule has 0 aromatic rings. The molecule has 0 radical (unpaired) electrons. The van der Waals surface area contributed by atoms with Gasteiger partial charge in [-0.05, 0) is 7.05 Å². The van der Waals surface area contributed by atoms with Crippen LogP contribution >= 0.6 is 12.4 Å². The highest BCUT2D eigenvalue weighted by molar-refractivity contribution is 5.85. The Kier molecular flexibility index (Phi) is 6.44. The molecular formula is C4H10ClF2NO. The van der Waals surface area contributed by atoms with Crippen molar-refractivity contribution in [3.8, 4) is 0 Å². The van der Waals surface area contributed by atoms with Crippen LogP contribution in [0.1, 0.15) is 0 Å². The van der Waals surface area contributed by atoms with Gasteiger partial charge in [0, 0.05) is 0 Å². The first-order chi connectivity index (χ1) is 3.62. The second-order valence-electron chi connectivity index (χ2n) is 1.54. The number of halogens is 3. The van der Waals surface area contributed by atoms with Crippen LogP contribution in [0, 0.1) is 0 Å². The quantitative estimate of drug-likeness (QED) is 0.622. The average Bonchev–Trinajstić information content (AvgIpc) is 1.67. The summed E-state index contributed by atoms with van der Waals surface area (Å²) in [5.74, 6) is -2.96. The van der Waals surface area contributed by atoms with Crippen molar-refractivity contribution in [3.63, 3.8) is 0 Å². The molecule has 0 amide bonds. The van der Waals surface area contributed by atoms with Crippen molar-refractivity contribution < 1.29 is 13.9 Å². The van der Waals surface area contributed by atoms with Crippen molar-refractivity contribution >= 4 is 12.4 Å². The van der Waals surface area contributed by atoms with Gasteiger partial charge in [0.1, 0.15) is 6.61 Å². The largest absolute Gasteiger partial charge is 0.390 e. The lowest BCUT2D eigenvalue weighted by Gasteiger charge is -2.10. The average molecular weight is 162 g/mol. The lowest BCUT2D eigenvalue weighted by atomic mass is 10.4. The Morgan fingerprint density at radius 1 is 1.56 bits per heavy atom. The number of rotatable bonds is 3. The summed E-state index contributed by atoms with van der Waals surface area (Å²) >= 11 is 0. The molecule has 0 rings (SSSR count). The van der Waals surface area contributed by atoms with E-state index in [1.807, 2.05) is 0 Å². The second kappa shape index (κ2) is 4.90. The van der Waals surface area contributed by atoms with Crippen molar-refractivity contribution in [1.82, 2.24) is 5.32 Å². The molecule has 0 saturated carbocycles. The van der Waals surface area contributed by atoms with Crippen LogP contribution in [0.25, 0.3) is 0 Å². The molecule has 0 unspecified atom stereocenters. The first-order valence-corrected chi connectivity index (χ1v) is 2.25. The predicted octanol–water partition coefficient (Wildman–Crippen LogP) is 0.255. The van der Waals surface area contributed by atoms with Crippen molar-refractivity contribution in [1.29, 1.82) is 0 Å². The molecule has 0 aliphatic rings. The van der Waals surface area contributed by atoms with Gasteiger partial charge in [0.25, 0.3) is 5.92 Å². The van der Waals surface area contributed by atoms with Crippen LogP contribution in [-0.4, -0.2) is 31.2 Å². The summed E-state index contributed by atoms with van der Waals surface area (Å²) < 4.78 is 23.7. The van der Waals surface area contributed by atoms with Gasteiger partial charge < -0.3 is 10.4 Å². The van der Waals surface area contributed by atoms with Crippen LogP contribution in [-0.2, 0) is 0 Å². The van der Waals surface area contributed by atoms with E-state index in [1.54, 1.807) is 0 Å². The molecule has 0 bridgehead atoms. The molecule has 0 fully saturated rings. The maximum Gasteiger partial charge on any atom is 0.282 e. The number of aliphatic hydroxyl groups excluding tert-OH is 1. The Morgan fingerprint density at radius 2 is 2.00 bits per heavy atom. The molecule has 9 heavy (non-hydrogen) atoms. The SMILES string of the molecule is CNCC(F)(F)CO.Cl. The Labute approximate surface area is 58.7 Å². The standard InChI is InChI=1S/C4H9F2NO.ClH/c1-7-2-4(5,6)3-8;/h7-8H,2-3H2,1H3;1H. The molecule has 0 aromatic carbocycles. The van der Waals surface area contributed by atoms with E-state index in [0.717, 1.165) is 0 Å². The van der Waals surface area contributed by atoms with E-state index < -0.39 is 19.1 Å². The van der Waals surface area contributed by atoms with Crippen LogP contribution < -0.4 is 5.32 Å². The van der Waals surface area contributed by atoms with E-state index in [2.05, 4.69) is 5.32 Å². The molecule has 0 atom stereocenters. The normalized spacial score (nSPS) is 10.7. The van der Waals surface area contributed by atoms with Crippen LogP contribution in [0.5, 0.6) is 0 Å². The van der Waals surface area contributed by atoms with Gasteiger partial charge in [0.05, 0.1) is 6.54 Å². The fraction of sp³-hybridized carbons (Fsp3) is 1.00. The van der Waals surface area contributed by atoms with Crippen LogP contribution in [0.4, 0.5) is 8.78 Å². The maximum atomic E-state index is 11.8. The zero-order valence-corrected chi connectivity index (χ0v) is 5.84. The van der Waals surface area contributed by atoms with Gasteiger partial charge in [-0.25, -0.2) is 8.78 Å². The molecule has 2 nitrogen and oxygen atoms in total. The molecule has 0 aliphatic heterocycles. The van der Waals surface area contributed by atoms with Crippen LogP contribution in [0.3, 0.4) is 0 Å². The van der Waals surface area contributed by atoms with Crippen molar-refractivity contribution in [2.45, 2.75) is 5.92 Å². The molecule has 5 heteroatoms. The minimum Gasteiger partial charge on any atom is -0.390 e. The Balaban J connectivity index is 0. The van der Waals surface area contributed by atoms with E-state index in [1.165, 1.54) is 7.05 Å². The van der Waals surface area contributed by atoms with Crippen molar-refractivity contribution in [3.05, 3.63) is 0 Å². The minimum absolute atomic E-state index is 0. The third kappa shape index (κ3) is 5.95. The number of nitrogens with one attached hydrogen (secondary N) is 1.